The summed E-state index contributed by atoms with van der Waals surface area (Å²) in [7, 11) is 0. The van der Waals surface area contributed by atoms with Crippen molar-refractivity contribution >= 4 is 11.8 Å². The van der Waals surface area contributed by atoms with Crippen molar-refractivity contribution in [3.05, 3.63) is 47.5 Å². The molecule has 1 aromatic carbocycles. The predicted molar refractivity (Wildman–Crippen MR) is 78.6 cm³/mol. The summed E-state index contributed by atoms with van der Waals surface area (Å²) < 4.78 is 5.03. The van der Waals surface area contributed by atoms with Crippen LogP contribution in [0.3, 0.4) is 0 Å². The van der Waals surface area contributed by atoms with Crippen LogP contribution in [0.5, 0.6) is 0 Å². The van der Waals surface area contributed by atoms with Gasteiger partial charge in [0.15, 0.2) is 11.4 Å². The summed E-state index contributed by atoms with van der Waals surface area (Å²) >= 11 is 0. The van der Waals surface area contributed by atoms with Crippen LogP contribution in [0, 0.1) is 12.8 Å². The Morgan fingerprint density at radius 2 is 2.05 bits per heavy atom. The molecule has 0 fully saturated rings. The Morgan fingerprint density at radius 1 is 1.38 bits per heavy atom. The number of carbonyl (C=O) groups excluding carboxylic acids is 2. The van der Waals surface area contributed by atoms with Crippen molar-refractivity contribution < 1.29 is 19.4 Å². The van der Waals surface area contributed by atoms with Gasteiger partial charge >= 0.3 is 5.97 Å². The molecule has 0 unspecified atom stereocenters. The molecule has 0 heterocycles. The molecule has 2 atom stereocenters. The first-order valence-corrected chi connectivity index (χ1v) is 7.17. The van der Waals surface area contributed by atoms with E-state index in [-0.39, 0.29) is 12.4 Å². The van der Waals surface area contributed by atoms with Gasteiger partial charge in [-0.2, -0.15) is 0 Å². The Bertz CT molecular complexity index is 559. The molecule has 21 heavy (non-hydrogen) atoms. The van der Waals surface area contributed by atoms with E-state index in [1.54, 1.807) is 25.1 Å². The Hall–Kier alpha value is -1.94. The van der Waals surface area contributed by atoms with Crippen LogP contribution in [0.25, 0.3) is 0 Å². The van der Waals surface area contributed by atoms with Gasteiger partial charge in [-0.1, -0.05) is 35.9 Å². The maximum absolute atomic E-state index is 12.3. The first kappa shape index (κ1) is 15.4. The zero-order valence-electron chi connectivity index (χ0n) is 12.3. The Kier molecular flexibility index (Phi) is 4.58. The number of aryl methyl sites for hydroxylation is 1. The highest BCUT2D eigenvalue weighted by Crippen LogP contribution is 2.37. The molecular weight excluding hydrogens is 268 g/mol. The molecule has 2 rings (SSSR count). The van der Waals surface area contributed by atoms with Crippen LogP contribution in [0.15, 0.2) is 36.4 Å². The quantitative estimate of drug-likeness (QED) is 0.863. The second-order valence-electron chi connectivity index (χ2n) is 5.29. The summed E-state index contributed by atoms with van der Waals surface area (Å²) in [6.45, 7) is 3.75. The number of rotatable bonds is 4. The minimum absolute atomic E-state index is 0.157. The minimum Gasteiger partial charge on any atom is -0.464 e. The number of ketones is 1. The van der Waals surface area contributed by atoms with Gasteiger partial charge in [0.05, 0.1) is 12.5 Å². The summed E-state index contributed by atoms with van der Waals surface area (Å²) in [6, 6.07) is 6.97. The first-order valence-electron chi connectivity index (χ1n) is 7.17. The summed E-state index contributed by atoms with van der Waals surface area (Å²) in [5.41, 5.74) is -0.508. The molecule has 0 spiro atoms. The van der Waals surface area contributed by atoms with Crippen LogP contribution < -0.4 is 0 Å². The van der Waals surface area contributed by atoms with Crippen molar-refractivity contribution in [3.63, 3.8) is 0 Å². The second kappa shape index (κ2) is 6.22. The molecule has 4 nitrogen and oxygen atoms in total. The van der Waals surface area contributed by atoms with Gasteiger partial charge in [0.1, 0.15) is 0 Å². The molecule has 1 aliphatic carbocycles. The fourth-order valence-corrected chi connectivity index (χ4v) is 2.65. The number of esters is 1. The van der Waals surface area contributed by atoms with Crippen LogP contribution >= 0.6 is 0 Å². The number of benzene rings is 1. The smallest absolute Gasteiger partial charge is 0.343 e. The van der Waals surface area contributed by atoms with E-state index in [1.807, 2.05) is 19.1 Å². The molecule has 1 aliphatic rings. The number of carbonyl (C=O) groups is 2. The lowest BCUT2D eigenvalue weighted by atomic mass is 9.74. The zero-order chi connectivity index (χ0) is 15.5. The zero-order valence-corrected chi connectivity index (χ0v) is 12.3. The Balaban J connectivity index is 2.48. The highest BCUT2D eigenvalue weighted by atomic mass is 16.5. The number of ether oxygens (including phenoxy) is 1. The van der Waals surface area contributed by atoms with Crippen molar-refractivity contribution in [3.8, 4) is 0 Å². The third kappa shape index (κ3) is 2.90. The fraction of sp³-hybridized carbons (Fsp3) is 0.412. The van der Waals surface area contributed by atoms with Crippen LogP contribution in [-0.2, 0) is 19.9 Å². The monoisotopic (exact) mass is 288 g/mol. The summed E-state index contributed by atoms with van der Waals surface area (Å²) in [5.74, 6) is -1.80. The molecule has 1 N–H and O–H groups in total. The lowest BCUT2D eigenvalue weighted by Crippen LogP contribution is -2.48. The lowest BCUT2D eigenvalue weighted by Gasteiger charge is -2.34. The molecule has 0 aliphatic heterocycles. The maximum Gasteiger partial charge on any atom is 0.343 e. The van der Waals surface area contributed by atoms with Gasteiger partial charge in [0.25, 0.3) is 0 Å². The van der Waals surface area contributed by atoms with Gasteiger partial charge in [0, 0.05) is 0 Å². The van der Waals surface area contributed by atoms with Gasteiger partial charge in [-0.05, 0) is 38.3 Å². The average molecular weight is 288 g/mol. The molecule has 0 saturated heterocycles. The standard InChI is InChI=1S/C17H20O4/c1-3-21-16(19)17(20,13-10-8-12(2)9-11-13)14-6-4-5-7-15(14)18/h5,7-11,14,20H,3-4,6H2,1-2H3/t14-,17-/m1/s1. The molecule has 1 aromatic rings. The van der Waals surface area contributed by atoms with Crippen LogP contribution in [-0.4, -0.2) is 23.5 Å². The second-order valence-corrected chi connectivity index (χ2v) is 5.29. The van der Waals surface area contributed by atoms with E-state index >= 15 is 0 Å². The van der Waals surface area contributed by atoms with Gasteiger partial charge in [-0.3, -0.25) is 4.79 Å². The lowest BCUT2D eigenvalue weighted by molar-refractivity contribution is -0.175. The van der Waals surface area contributed by atoms with E-state index < -0.39 is 17.5 Å². The van der Waals surface area contributed by atoms with Crippen LogP contribution in [0.2, 0.25) is 0 Å². The topological polar surface area (TPSA) is 63.6 Å². The van der Waals surface area contributed by atoms with Gasteiger partial charge in [-0.25, -0.2) is 4.79 Å². The largest absolute Gasteiger partial charge is 0.464 e. The molecule has 0 saturated carbocycles. The van der Waals surface area contributed by atoms with E-state index in [0.29, 0.717) is 18.4 Å². The summed E-state index contributed by atoms with van der Waals surface area (Å²) in [4.78, 5) is 24.5. The SMILES string of the molecule is CCOC(=O)[C@@](O)(c1ccc(C)cc1)[C@@H]1CCC=CC1=O. The number of hydrogen-bond donors (Lipinski definition) is 1. The first-order chi connectivity index (χ1) is 10.00. The molecule has 0 bridgehead atoms. The van der Waals surface area contributed by atoms with Gasteiger partial charge in [0.2, 0.25) is 0 Å². The number of hydrogen-bond acceptors (Lipinski definition) is 4. The van der Waals surface area contributed by atoms with Crippen molar-refractivity contribution in [2.24, 2.45) is 5.92 Å². The van der Waals surface area contributed by atoms with Crippen LogP contribution in [0.1, 0.15) is 30.9 Å². The van der Waals surface area contributed by atoms with Crippen LogP contribution in [0.4, 0.5) is 0 Å². The molecule has 0 radical (unpaired) electrons. The normalized spacial score (nSPS) is 20.9. The number of aliphatic hydroxyl groups is 1. The third-order valence-electron chi connectivity index (χ3n) is 3.83. The third-order valence-corrected chi connectivity index (χ3v) is 3.83. The highest BCUT2D eigenvalue weighted by molar-refractivity contribution is 5.98. The predicted octanol–water partition coefficient (Wildman–Crippen LogP) is 2.28. The fourth-order valence-electron chi connectivity index (χ4n) is 2.65. The highest BCUT2D eigenvalue weighted by Gasteiger charge is 2.49. The van der Waals surface area contributed by atoms with Crippen molar-refractivity contribution in [1.29, 1.82) is 0 Å². The van der Waals surface area contributed by atoms with E-state index in [4.69, 9.17) is 4.74 Å². The molecule has 112 valence electrons. The maximum atomic E-state index is 12.3. The van der Waals surface area contributed by atoms with E-state index in [2.05, 4.69) is 0 Å². The molecule has 4 heteroatoms. The Labute approximate surface area is 124 Å². The average Bonchev–Trinajstić information content (AvgIpc) is 2.48. The minimum atomic E-state index is -1.93. The summed E-state index contributed by atoms with van der Waals surface area (Å²) in [5, 5.41) is 11.0. The number of allylic oxidation sites excluding steroid dienone is 2. The van der Waals surface area contributed by atoms with E-state index in [9.17, 15) is 14.7 Å². The summed E-state index contributed by atoms with van der Waals surface area (Å²) in [6.07, 6.45) is 4.29. The van der Waals surface area contributed by atoms with Crippen molar-refractivity contribution in [2.45, 2.75) is 32.3 Å². The van der Waals surface area contributed by atoms with Gasteiger partial charge < -0.3 is 9.84 Å². The van der Waals surface area contributed by atoms with E-state index in [0.717, 1.165) is 5.56 Å². The molecular formula is C17H20O4. The molecule has 0 amide bonds. The van der Waals surface area contributed by atoms with Gasteiger partial charge in [-0.15, -0.1) is 0 Å². The van der Waals surface area contributed by atoms with E-state index in [1.165, 1.54) is 6.08 Å². The van der Waals surface area contributed by atoms with Crippen molar-refractivity contribution in [1.82, 2.24) is 0 Å². The van der Waals surface area contributed by atoms with Crippen molar-refractivity contribution in [2.75, 3.05) is 6.61 Å². The Morgan fingerprint density at radius 3 is 2.62 bits per heavy atom. The molecule has 0 aromatic heterocycles.